The van der Waals surface area contributed by atoms with Crippen molar-refractivity contribution in [1.29, 1.82) is 0 Å². The zero-order chi connectivity index (χ0) is 42.7. The van der Waals surface area contributed by atoms with Gasteiger partial charge >= 0.3 is 0 Å². The summed E-state index contributed by atoms with van der Waals surface area (Å²) in [5, 5.41) is 3.32. The fourth-order valence-electron chi connectivity index (χ4n) is 9.49. The number of carbonyl (C=O) groups is 4. The van der Waals surface area contributed by atoms with Gasteiger partial charge in [0.1, 0.15) is 0 Å². The molecule has 0 spiro atoms. The minimum Gasteiger partial charge on any atom is -0.274 e. The van der Waals surface area contributed by atoms with E-state index >= 15 is 0 Å². The van der Waals surface area contributed by atoms with Gasteiger partial charge in [-0.05, 0) is 92.4 Å². The maximum Gasteiger partial charge on any atom is 0.261 e. The Hall–Kier alpha value is -6.66. The number of unbranched alkanes of at least 4 members (excludes halogenated alkanes) is 8. The van der Waals surface area contributed by atoms with Crippen LogP contribution < -0.4 is 0 Å². The summed E-state index contributed by atoms with van der Waals surface area (Å²) in [5.74, 6) is -0.794. The molecule has 0 fully saturated rings. The van der Waals surface area contributed by atoms with E-state index in [-0.39, 0.29) is 23.6 Å². The average Bonchev–Trinajstić information content (AvgIpc) is 3.31. The molecule has 0 unspecified atom stereocenters. The van der Waals surface area contributed by atoms with Crippen molar-refractivity contribution >= 4 is 45.2 Å². The number of benzene rings is 7. The Balaban J connectivity index is 0.903. The Kier molecular flexibility index (Phi) is 11.7. The number of rotatable bonds is 16. The summed E-state index contributed by atoms with van der Waals surface area (Å²) in [4.78, 5) is 57.3. The summed E-state index contributed by atoms with van der Waals surface area (Å²) in [6.45, 7) is 5.26. The van der Waals surface area contributed by atoms with Gasteiger partial charge in [-0.25, -0.2) is 0 Å². The van der Waals surface area contributed by atoms with Crippen LogP contribution in [-0.4, -0.2) is 46.5 Å². The van der Waals surface area contributed by atoms with E-state index in [1.807, 2.05) is 60.7 Å². The van der Waals surface area contributed by atoms with Gasteiger partial charge < -0.3 is 0 Å². The normalized spacial score (nSPS) is 13.5. The van der Waals surface area contributed by atoms with Crippen LogP contribution in [0, 0.1) is 0 Å². The molecule has 0 aliphatic carbocycles. The van der Waals surface area contributed by atoms with Crippen molar-refractivity contribution in [1.82, 2.24) is 9.80 Å². The summed E-state index contributed by atoms with van der Waals surface area (Å²) in [7, 11) is 0. The maximum atomic E-state index is 13.6. The van der Waals surface area contributed by atoms with Gasteiger partial charge in [0.05, 0.1) is 0 Å². The Labute approximate surface area is 364 Å². The van der Waals surface area contributed by atoms with Crippen LogP contribution in [0.3, 0.4) is 0 Å². The minimum atomic E-state index is -0.198. The number of hydrogen-bond acceptors (Lipinski definition) is 4. The van der Waals surface area contributed by atoms with Crippen LogP contribution in [0.2, 0.25) is 0 Å². The Morgan fingerprint density at radius 3 is 0.935 bits per heavy atom. The molecule has 2 aliphatic heterocycles. The maximum absolute atomic E-state index is 13.6. The van der Waals surface area contributed by atoms with Crippen molar-refractivity contribution < 1.29 is 19.2 Å². The fraction of sp³-hybridized carbons (Fsp3) is 0.250. The molecule has 0 saturated carbocycles. The highest BCUT2D eigenvalue weighted by Gasteiger charge is 2.34. The van der Waals surface area contributed by atoms with E-state index in [4.69, 9.17) is 0 Å². The molecular formula is C56H52N2O4. The van der Waals surface area contributed by atoms with Crippen LogP contribution in [0.4, 0.5) is 0 Å². The van der Waals surface area contributed by atoms with Crippen LogP contribution in [0.1, 0.15) is 119 Å². The molecule has 0 atom stereocenters. The molecule has 62 heavy (non-hydrogen) atoms. The Bertz CT molecular complexity index is 2600. The molecule has 0 bridgehead atoms. The van der Waals surface area contributed by atoms with Gasteiger partial charge in [-0.1, -0.05) is 174 Å². The van der Waals surface area contributed by atoms with Gasteiger partial charge in [-0.2, -0.15) is 0 Å². The first-order chi connectivity index (χ1) is 30.4. The van der Waals surface area contributed by atoms with Gasteiger partial charge in [-0.3, -0.25) is 29.0 Å². The highest BCUT2D eigenvalue weighted by molar-refractivity contribution is 6.28. The number of hydrogen-bond donors (Lipinski definition) is 0. The third-order valence-electron chi connectivity index (χ3n) is 12.9. The van der Waals surface area contributed by atoms with E-state index in [1.54, 1.807) is 0 Å². The Morgan fingerprint density at radius 2 is 0.597 bits per heavy atom. The van der Waals surface area contributed by atoms with E-state index in [0.29, 0.717) is 35.3 Å². The van der Waals surface area contributed by atoms with E-state index in [0.717, 1.165) is 117 Å². The van der Waals surface area contributed by atoms with Crippen molar-refractivity contribution in [3.05, 3.63) is 156 Å². The van der Waals surface area contributed by atoms with E-state index in [9.17, 15) is 19.2 Å². The zero-order valence-electron chi connectivity index (χ0n) is 35.7. The SMILES string of the molecule is CCCCCCCN1C(=O)c2cccc3c(-c4ccc(-c5ccc(-c6ccc(-c7ccc8c9c(cccc79)C(=O)N(CCCCCCC)C8=O)cc6)cc5)cc4)ccc(c23)C1=O. The van der Waals surface area contributed by atoms with Crippen LogP contribution in [0.15, 0.2) is 133 Å². The summed E-state index contributed by atoms with van der Waals surface area (Å²) in [6, 6.07) is 44.9. The Morgan fingerprint density at radius 1 is 0.306 bits per heavy atom. The van der Waals surface area contributed by atoms with Crippen molar-refractivity contribution in [2.24, 2.45) is 0 Å². The second kappa shape index (κ2) is 17.7. The second-order valence-corrected chi connectivity index (χ2v) is 16.9. The molecule has 0 N–H and O–H groups in total. The summed E-state index contributed by atoms with van der Waals surface area (Å²) < 4.78 is 0. The molecular weight excluding hydrogens is 765 g/mol. The molecule has 2 heterocycles. The third kappa shape index (κ3) is 7.53. The predicted molar refractivity (Wildman–Crippen MR) is 251 cm³/mol. The fourth-order valence-corrected chi connectivity index (χ4v) is 9.49. The standard InChI is InChI=1S/C56H52N2O4/c1-3-5-7-9-11-35-57-53(59)47-17-13-15-45-43(31-33-49(51(45)47)55(57)61)41-27-23-39(24-28-41)37-19-21-38(22-20-37)40-25-29-42(30-26-40)44-32-34-50-52-46(44)16-14-18-48(52)54(60)58(56(50)62)36-12-10-8-6-4-2/h13-34H,3-12,35-36H2,1-2H3. The van der Waals surface area contributed by atoms with Gasteiger partial charge in [0, 0.05) is 46.1 Å². The monoisotopic (exact) mass is 816 g/mol. The first kappa shape index (κ1) is 40.7. The average molecular weight is 817 g/mol. The lowest BCUT2D eigenvalue weighted by Crippen LogP contribution is -2.40. The topological polar surface area (TPSA) is 74.8 Å². The van der Waals surface area contributed by atoms with Crippen molar-refractivity contribution in [2.45, 2.75) is 78.1 Å². The summed E-state index contributed by atoms with van der Waals surface area (Å²) >= 11 is 0. The van der Waals surface area contributed by atoms with Crippen molar-refractivity contribution in [2.75, 3.05) is 13.1 Å². The smallest absolute Gasteiger partial charge is 0.261 e. The van der Waals surface area contributed by atoms with Crippen LogP contribution in [0.25, 0.3) is 66.1 Å². The van der Waals surface area contributed by atoms with Crippen molar-refractivity contribution in [3.63, 3.8) is 0 Å². The second-order valence-electron chi connectivity index (χ2n) is 16.9. The van der Waals surface area contributed by atoms with Gasteiger partial charge in [-0.15, -0.1) is 0 Å². The van der Waals surface area contributed by atoms with Gasteiger partial charge in [0.25, 0.3) is 23.6 Å². The molecule has 7 aromatic carbocycles. The van der Waals surface area contributed by atoms with Gasteiger partial charge in [0.15, 0.2) is 0 Å². The van der Waals surface area contributed by atoms with E-state index in [1.165, 1.54) is 22.6 Å². The molecule has 6 heteroatoms. The molecule has 0 aromatic heterocycles. The van der Waals surface area contributed by atoms with Crippen molar-refractivity contribution in [3.8, 4) is 44.5 Å². The predicted octanol–water partition coefficient (Wildman–Crippen LogP) is 13.8. The first-order valence-electron chi connectivity index (χ1n) is 22.5. The van der Waals surface area contributed by atoms with Crippen LogP contribution in [0.5, 0.6) is 0 Å². The zero-order valence-corrected chi connectivity index (χ0v) is 35.7. The number of imide groups is 2. The summed E-state index contributed by atoms with van der Waals surface area (Å²) in [6.07, 6.45) is 10.6. The largest absolute Gasteiger partial charge is 0.274 e. The minimum absolute atomic E-state index is 0.198. The molecule has 310 valence electrons. The molecule has 6 nitrogen and oxygen atoms in total. The van der Waals surface area contributed by atoms with Crippen LogP contribution in [-0.2, 0) is 0 Å². The molecule has 0 saturated heterocycles. The quantitative estimate of drug-likeness (QED) is 0.0719. The summed E-state index contributed by atoms with van der Waals surface area (Å²) in [5.41, 5.74) is 10.8. The lowest BCUT2D eigenvalue weighted by atomic mass is 9.88. The number of amides is 4. The molecule has 0 radical (unpaired) electrons. The highest BCUT2D eigenvalue weighted by atomic mass is 16.2. The molecule has 9 rings (SSSR count). The molecule has 2 aliphatic rings. The van der Waals surface area contributed by atoms with E-state index in [2.05, 4.69) is 86.6 Å². The molecule has 7 aromatic rings. The lowest BCUT2D eigenvalue weighted by molar-refractivity contribution is 0.0592. The van der Waals surface area contributed by atoms with Gasteiger partial charge in [0.2, 0.25) is 0 Å². The third-order valence-corrected chi connectivity index (χ3v) is 12.9. The number of nitrogens with zero attached hydrogens (tertiary/aromatic N) is 2. The highest BCUT2D eigenvalue weighted by Crippen LogP contribution is 2.39. The number of carbonyl (C=O) groups excluding carboxylic acids is 4. The first-order valence-corrected chi connectivity index (χ1v) is 22.5. The lowest BCUT2D eigenvalue weighted by Gasteiger charge is -2.28. The molecule has 4 amide bonds. The van der Waals surface area contributed by atoms with E-state index < -0.39 is 0 Å². The van der Waals surface area contributed by atoms with Crippen LogP contribution >= 0.6 is 0 Å².